The molecule has 3 atom stereocenters. The molecule has 0 saturated heterocycles. The Balaban J connectivity index is 4.71. The Morgan fingerprint density at radius 2 is 1.63 bits per heavy atom. The molecule has 0 unspecified atom stereocenters. The van der Waals surface area contributed by atoms with Crippen molar-refractivity contribution in [3.05, 3.63) is 0 Å². The predicted octanol–water partition coefficient (Wildman–Crippen LogP) is -0.337. The summed E-state index contributed by atoms with van der Waals surface area (Å²) in [5, 5.41) is 16.7. The van der Waals surface area contributed by atoms with Crippen molar-refractivity contribution in [2.45, 2.75) is 71.0 Å². The highest BCUT2D eigenvalue weighted by molar-refractivity contribution is 5.91. The van der Waals surface area contributed by atoms with Gasteiger partial charge in [-0.15, -0.1) is 0 Å². The summed E-state index contributed by atoms with van der Waals surface area (Å²) in [4.78, 5) is 46.6. The van der Waals surface area contributed by atoms with Crippen molar-refractivity contribution < 1.29 is 24.3 Å². The average molecular weight is 387 g/mol. The highest BCUT2D eigenvalue weighted by atomic mass is 16.4. The molecule has 0 rings (SSSR count). The summed E-state index contributed by atoms with van der Waals surface area (Å²) in [6.07, 6.45) is 2.55. The van der Waals surface area contributed by atoms with Crippen molar-refractivity contribution in [2.24, 2.45) is 17.4 Å². The number of primary amides is 1. The average Bonchev–Trinajstić information content (AvgIpc) is 2.58. The van der Waals surface area contributed by atoms with Crippen molar-refractivity contribution in [3.63, 3.8) is 0 Å². The molecule has 10 nitrogen and oxygen atoms in total. The number of carbonyl (C=O) groups is 4. The van der Waals surface area contributed by atoms with Crippen LogP contribution in [-0.4, -0.2) is 53.6 Å². The minimum atomic E-state index is -1.11. The summed E-state index contributed by atoms with van der Waals surface area (Å²) in [6.45, 7) is 5.71. The van der Waals surface area contributed by atoms with Crippen LogP contribution in [-0.2, 0) is 14.4 Å². The van der Waals surface area contributed by atoms with Crippen molar-refractivity contribution in [2.75, 3.05) is 6.54 Å². The van der Waals surface area contributed by atoms with Crippen LogP contribution in [0.2, 0.25) is 0 Å². The monoisotopic (exact) mass is 387 g/mol. The summed E-state index contributed by atoms with van der Waals surface area (Å²) < 4.78 is 0. The molecule has 27 heavy (non-hydrogen) atoms. The Bertz CT molecular complexity index is 512. The number of rotatable bonds is 13. The van der Waals surface area contributed by atoms with Crippen LogP contribution >= 0.6 is 0 Å². The smallest absolute Gasteiger partial charge is 0.326 e. The molecule has 0 saturated carbocycles. The minimum Gasteiger partial charge on any atom is -0.480 e. The van der Waals surface area contributed by atoms with E-state index in [1.807, 2.05) is 6.92 Å². The van der Waals surface area contributed by atoms with Crippen molar-refractivity contribution >= 4 is 23.8 Å². The molecule has 0 aromatic carbocycles. The van der Waals surface area contributed by atoms with Crippen LogP contribution in [0, 0.1) is 5.92 Å². The Morgan fingerprint density at radius 3 is 2.11 bits per heavy atom. The van der Waals surface area contributed by atoms with Gasteiger partial charge in [0, 0.05) is 6.54 Å². The van der Waals surface area contributed by atoms with Crippen LogP contribution in [0.3, 0.4) is 0 Å². The number of carboxylic acids is 1. The van der Waals surface area contributed by atoms with Gasteiger partial charge in [-0.1, -0.05) is 33.6 Å². The first-order chi connectivity index (χ1) is 12.6. The first kappa shape index (κ1) is 24.6. The largest absolute Gasteiger partial charge is 0.480 e. The maximum atomic E-state index is 12.5. The number of carbonyl (C=O) groups excluding carboxylic acids is 3. The maximum Gasteiger partial charge on any atom is 0.326 e. The molecule has 0 spiro atoms. The fourth-order valence-electron chi connectivity index (χ4n) is 2.39. The SMILES string of the molecule is CCCC[C@H](NC(=O)[C@@H](NC(=O)[C@@H](N)CCCNC(N)=O)C(C)C)C(=O)O. The third-order valence-electron chi connectivity index (χ3n) is 4.04. The van der Waals surface area contributed by atoms with Gasteiger partial charge in [0.05, 0.1) is 6.04 Å². The number of hydrogen-bond acceptors (Lipinski definition) is 5. The van der Waals surface area contributed by atoms with Crippen LogP contribution in [0.5, 0.6) is 0 Å². The van der Waals surface area contributed by atoms with Gasteiger partial charge in [0.2, 0.25) is 11.8 Å². The molecule has 10 heteroatoms. The van der Waals surface area contributed by atoms with Gasteiger partial charge in [0.1, 0.15) is 12.1 Å². The zero-order chi connectivity index (χ0) is 21.0. The predicted molar refractivity (Wildman–Crippen MR) is 101 cm³/mol. The second-order valence-electron chi connectivity index (χ2n) is 6.81. The number of carboxylic acid groups (broad SMARTS) is 1. The number of amides is 4. The molecular weight excluding hydrogens is 354 g/mol. The Morgan fingerprint density at radius 1 is 1.00 bits per heavy atom. The van der Waals surface area contributed by atoms with E-state index in [2.05, 4.69) is 16.0 Å². The van der Waals surface area contributed by atoms with Crippen LogP contribution in [0.4, 0.5) is 4.79 Å². The molecule has 0 aliphatic carbocycles. The molecule has 8 N–H and O–H groups in total. The van der Waals surface area contributed by atoms with Crippen molar-refractivity contribution in [1.29, 1.82) is 0 Å². The maximum absolute atomic E-state index is 12.5. The quantitative estimate of drug-likeness (QED) is 0.235. The molecule has 0 radical (unpaired) electrons. The second kappa shape index (κ2) is 12.9. The molecule has 0 aromatic heterocycles. The number of aliphatic carboxylic acids is 1. The first-order valence-electron chi connectivity index (χ1n) is 9.22. The molecule has 0 aromatic rings. The number of urea groups is 1. The molecule has 0 fully saturated rings. The van der Waals surface area contributed by atoms with E-state index in [0.29, 0.717) is 32.2 Å². The summed E-state index contributed by atoms with van der Waals surface area (Å²) >= 11 is 0. The summed E-state index contributed by atoms with van der Waals surface area (Å²) in [5.41, 5.74) is 10.8. The number of nitrogens with two attached hydrogens (primary N) is 2. The third kappa shape index (κ3) is 10.4. The molecule has 0 aliphatic heterocycles. The van der Waals surface area contributed by atoms with Crippen molar-refractivity contribution in [3.8, 4) is 0 Å². The van der Waals surface area contributed by atoms with Gasteiger partial charge in [-0.05, 0) is 25.2 Å². The van der Waals surface area contributed by atoms with Gasteiger partial charge in [0.15, 0.2) is 0 Å². The van der Waals surface area contributed by atoms with Crippen LogP contribution in [0.15, 0.2) is 0 Å². The number of nitrogens with one attached hydrogen (secondary N) is 3. The molecule has 0 aliphatic rings. The standard InChI is InChI=1S/C17H33N5O5/c1-4-5-8-12(16(25)26)21-15(24)13(10(2)3)22-14(23)11(18)7-6-9-20-17(19)27/h10-13H,4-9,18H2,1-3H3,(H,21,24)(H,22,23)(H,25,26)(H3,19,20,27)/t11-,12-,13-/m0/s1. The molecule has 4 amide bonds. The molecule has 0 heterocycles. The van der Waals surface area contributed by atoms with E-state index in [9.17, 15) is 24.3 Å². The van der Waals surface area contributed by atoms with E-state index in [1.165, 1.54) is 0 Å². The summed E-state index contributed by atoms with van der Waals surface area (Å²) in [6, 6.07) is -3.40. The Kier molecular flexibility index (Phi) is 11.8. The fourth-order valence-corrected chi connectivity index (χ4v) is 2.39. The first-order valence-corrected chi connectivity index (χ1v) is 9.22. The zero-order valence-corrected chi connectivity index (χ0v) is 16.3. The fraction of sp³-hybridized carbons (Fsp3) is 0.765. The van der Waals surface area contributed by atoms with E-state index < -0.39 is 41.9 Å². The minimum absolute atomic E-state index is 0.252. The summed E-state index contributed by atoms with van der Waals surface area (Å²) in [7, 11) is 0. The Hall–Kier alpha value is -2.36. The lowest BCUT2D eigenvalue weighted by Gasteiger charge is -2.25. The topological polar surface area (TPSA) is 177 Å². The van der Waals surface area contributed by atoms with Gasteiger partial charge >= 0.3 is 12.0 Å². The molecule has 156 valence electrons. The van der Waals surface area contributed by atoms with Gasteiger partial charge in [-0.3, -0.25) is 9.59 Å². The molecule has 0 bridgehead atoms. The van der Waals surface area contributed by atoms with Crippen LogP contribution < -0.4 is 27.4 Å². The lowest BCUT2D eigenvalue weighted by molar-refractivity contribution is -0.142. The normalized spacial score (nSPS) is 14.1. The number of hydrogen-bond donors (Lipinski definition) is 6. The van der Waals surface area contributed by atoms with Gasteiger partial charge in [-0.25, -0.2) is 9.59 Å². The molecular formula is C17H33N5O5. The van der Waals surface area contributed by atoms with Crippen LogP contribution in [0.1, 0.15) is 52.9 Å². The van der Waals surface area contributed by atoms with E-state index >= 15 is 0 Å². The van der Waals surface area contributed by atoms with E-state index in [0.717, 1.165) is 6.42 Å². The third-order valence-corrected chi connectivity index (χ3v) is 4.04. The van der Waals surface area contributed by atoms with E-state index in [-0.39, 0.29) is 5.92 Å². The highest BCUT2D eigenvalue weighted by Crippen LogP contribution is 2.07. The zero-order valence-electron chi connectivity index (χ0n) is 16.3. The Labute approximate surface area is 159 Å². The van der Waals surface area contributed by atoms with Gasteiger partial charge in [0.25, 0.3) is 0 Å². The lowest BCUT2D eigenvalue weighted by Crippen LogP contribution is -2.56. The van der Waals surface area contributed by atoms with Gasteiger partial charge < -0.3 is 32.5 Å². The summed E-state index contributed by atoms with van der Waals surface area (Å²) in [5.74, 6) is -2.42. The van der Waals surface area contributed by atoms with Crippen LogP contribution in [0.25, 0.3) is 0 Å². The van der Waals surface area contributed by atoms with Crippen molar-refractivity contribution in [1.82, 2.24) is 16.0 Å². The second-order valence-corrected chi connectivity index (χ2v) is 6.81. The van der Waals surface area contributed by atoms with Gasteiger partial charge in [-0.2, -0.15) is 0 Å². The number of unbranched alkanes of at least 4 members (excludes halogenated alkanes) is 1. The highest BCUT2D eigenvalue weighted by Gasteiger charge is 2.29. The lowest BCUT2D eigenvalue weighted by atomic mass is 10.0. The van der Waals surface area contributed by atoms with E-state index in [4.69, 9.17) is 11.5 Å². The van der Waals surface area contributed by atoms with E-state index in [1.54, 1.807) is 13.8 Å².